The van der Waals surface area contributed by atoms with Gasteiger partial charge in [0, 0.05) is 6.42 Å². The molecular formula is C11H14ClNO2. The fraction of sp³-hybridized carbons (Fsp3) is 0.364. The molecule has 0 saturated carbocycles. The Bertz CT molecular complexity index is 337. The summed E-state index contributed by atoms with van der Waals surface area (Å²) in [4.78, 5) is 11.0. The maximum absolute atomic E-state index is 11.0. The van der Waals surface area contributed by atoms with E-state index in [9.17, 15) is 4.79 Å². The second-order valence-electron chi connectivity index (χ2n) is 3.53. The van der Waals surface area contributed by atoms with Crippen LogP contribution in [0.1, 0.15) is 23.6 Å². The highest BCUT2D eigenvalue weighted by molar-refractivity contribution is 5.85. The molecule has 1 fully saturated rings. The topological polar surface area (TPSA) is 38.3 Å². The third-order valence-corrected chi connectivity index (χ3v) is 2.41. The standard InChI is InChI=1S/C11H13NO2.ClH/c1-8-2-4-9(5-3-8)10-6-7-14-11(13)12-10;/h2-5,10H,6-7H2,1H3,(H,12,13);1H/t10-;/m1./s1. The largest absolute Gasteiger partial charge is 0.449 e. The quantitative estimate of drug-likeness (QED) is 0.801. The molecule has 1 heterocycles. The van der Waals surface area contributed by atoms with Crippen LogP contribution in [-0.4, -0.2) is 12.7 Å². The van der Waals surface area contributed by atoms with Gasteiger partial charge in [-0.15, -0.1) is 12.4 Å². The second-order valence-corrected chi connectivity index (χ2v) is 3.53. The van der Waals surface area contributed by atoms with Crippen LogP contribution in [0.3, 0.4) is 0 Å². The fourth-order valence-electron chi connectivity index (χ4n) is 1.57. The van der Waals surface area contributed by atoms with E-state index in [4.69, 9.17) is 4.74 Å². The number of carbonyl (C=O) groups excluding carboxylic acids is 1. The minimum absolute atomic E-state index is 0. The van der Waals surface area contributed by atoms with Crippen LogP contribution in [0.5, 0.6) is 0 Å². The van der Waals surface area contributed by atoms with E-state index in [1.165, 1.54) is 5.56 Å². The first kappa shape index (κ1) is 11.9. The number of ether oxygens (including phenoxy) is 1. The van der Waals surface area contributed by atoms with E-state index in [0.717, 1.165) is 12.0 Å². The molecule has 0 unspecified atom stereocenters. The van der Waals surface area contributed by atoms with Crippen LogP contribution in [-0.2, 0) is 4.74 Å². The first-order valence-corrected chi connectivity index (χ1v) is 4.75. The van der Waals surface area contributed by atoms with E-state index in [-0.39, 0.29) is 24.5 Å². The summed E-state index contributed by atoms with van der Waals surface area (Å²) < 4.78 is 4.80. The second kappa shape index (κ2) is 5.03. The number of benzene rings is 1. The Morgan fingerprint density at radius 3 is 2.60 bits per heavy atom. The van der Waals surface area contributed by atoms with Crippen LogP contribution < -0.4 is 5.32 Å². The van der Waals surface area contributed by atoms with Crippen molar-refractivity contribution >= 4 is 18.5 Å². The molecule has 0 radical (unpaired) electrons. The summed E-state index contributed by atoms with van der Waals surface area (Å²) in [5.41, 5.74) is 2.37. The third kappa shape index (κ3) is 2.86. The fourth-order valence-corrected chi connectivity index (χ4v) is 1.57. The summed E-state index contributed by atoms with van der Waals surface area (Å²) in [5.74, 6) is 0. The van der Waals surface area contributed by atoms with Gasteiger partial charge in [0.15, 0.2) is 0 Å². The Kier molecular flexibility index (Phi) is 3.97. The Morgan fingerprint density at radius 2 is 2.00 bits per heavy atom. The molecule has 0 aliphatic carbocycles. The Morgan fingerprint density at radius 1 is 1.33 bits per heavy atom. The molecule has 1 N–H and O–H groups in total. The van der Waals surface area contributed by atoms with Gasteiger partial charge in [-0.1, -0.05) is 29.8 Å². The summed E-state index contributed by atoms with van der Waals surface area (Å²) in [6, 6.07) is 8.31. The number of rotatable bonds is 1. The van der Waals surface area contributed by atoms with E-state index in [1.807, 2.05) is 19.1 Å². The lowest BCUT2D eigenvalue weighted by molar-refractivity contribution is 0.115. The van der Waals surface area contributed by atoms with E-state index >= 15 is 0 Å². The zero-order chi connectivity index (χ0) is 9.97. The van der Waals surface area contributed by atoms with E-state index in [0.29, 0.717) is 6.61 Å². The predicted octanol–water partition coefficient (Wildman–Crippen LogP) is 2.59. The molecule has 1 aromatic rings. The summed E-state index contributed by atoms with van der Waals surface area (Å²) in [6.45, 7) is 2.55. The van der Waals surface area contributed by atoms with Crippen molar-refractivity contribution in [1.82, 2.24) is 5.32 Å². The van der Waals surface area contributed by atoms with E-state index in [2.05, 4.69) is 17.4 Å². The van der Waals surface area contributed by atoms with E-state index < -0.39 is 0 Å². The van der Waals surface area contributed by atoms with Crippen molar-refractivity contribution in [3.63, 3.8) is 0 Å². The average molecular weight is 228 g/mol. The van der Waals surface area contributed by atoms with Gasteiger partial charge in [0.05, 0.1) is 12.6 Å². The Labute approximate surface area is 95.2 Å². The lowest BCUT2D eigenvalue weighted by Crippen LogP contribution is -2.35. The molecular weight excluding hydrogens is 214 g/mol. The van der Waals surface area contributed by atoms with Gasteiger partial charge in [0.25, 0.3) is 0 Å². The number of halogens is 1. The number of amides is 1. The summed E-state index contributed by atoms with van der Waals surface area (Å²) in [7, 11) is 0. The Balaban J connectivity index is 0.00000112. The van der Waals surface area contributed by atoms with Gasteiger partial charge in [-0.2, -0.15) is 0 Å². The number of aryl methyl sites for hydroxylation is 1. The Hall–Kier alpha value is -1.22. The molecule has 0 aromatic heterocycles. The normalized spacial score (nSPS) is 19.8. The molecule has 0 bridgehead atoms. The van der Waals surface area contributed by atoms with Crippen molar-refractivity contribution in [1.29, 1.82) is 0 Å². The molecule has 3 nitrogen and oxygen atoms in total. The van der Waals surface area contributed by atoms with Crippen LogP contribution in [0, 0.1) is 6.92 Å². The zero-order valence-electron chi connectivity index (χ0n) is 8.53. The van der Waals surface area contributed by atoms with Gasteiger partial charge in [0.1, 0.15) is 0 Å². The molecule has 1 saturated heterocycles. The zero-order valence-corrected chi connectivity index (χ0v) is 9.34. The van der Waals surface area contributed by atoms with Crippen molar-refractivity contribution in [2.45, 2.75) is 19.4 Å². The number of alkyl carbamates (subject to hydrolysis) is 1. The highest BCUT2D eigenvalue weighted by atomic mass is 35.5. The molecule has 2 rings (SSSR count). The highest BCUT2D eigenvalue weighted by Crippen LogP contribution is 2.20. The molecule has 1 aromatic carbocycles. The highest BCUT2D eigenvalue weighted by Gasteiger charge is 2.20. The van der Waals surface area contributed by atoms with Gasteiger partial charge < -0.3 is 10.1 Å². The smallest absolute Gasteiger partial charge is 0.407 e. The first-order valence-electron chi connectivity index (χ1n) is 4.75. The molecule has 1 amide bonds. The summed E-state index contributed by atoms with van der Waals surface area (Å²) in [5, 5.41) is 2.79. The van der Waals surface area contributed by atoms with Crippen molar-refractivity contribution in [3.05, 3.63) is 35.4 Å². The van der Waals surface area contributed by atoms with Crippen LogP contribution in [0.15, 0.2) is 24.3 Å². The first-order chi connectivity index (χ1) is 6.75. The number of cyclic esters (lactones) is 1. The van der Waals surface area contributed by atoms with Crippen LogP contribution in [0.2, 0.25) is 0 Å². The van der Waals surface area contributed by atoms with Crippen molar-refractivity contribution in [3.8, 4) is 0 Å². The molecule has 1 aliphatic heterocycles. The maximum Gasteiger partial charge on any atom is 0.407 e. The van der Waals surface area contributed by atoms with Crippen LogP contribution >= 0.6 is 12.4 Å². The predicted molar refractivity (Wildman–Crippen MR) is 60.3 cm³/mol. The number of nitrogens with one attached hydrogen (secondary N) is 1. The molecule has 82 valence electrons. The molecule has 4 heteroatoms. The van der Waals surface area contributed by atoms with Crippen molar-refractivity contribution in [2.24, 2.45) is 0 Å². The van der Waals surface area contributed by atoms with Gasteiger partial charge >= 0.3 is 6.09 Å². The number of hydrogen-bond donors (Lipinski definition) is 1. The maximum atomic E-state index is 11.0. The average Bonchev–Trinajstić information content (AvgIpc) is 2.19. The molecule has 1 atom stereocenters. The summed E-state index contributed by atoms with van der Waals surface area (Å²) >= 11 is 0. The summed E-state index contributed by atoms with van der Waals surface area (Å²) in [6.07, 6.45) is 0.524. The van der Waals surface area contributed by atoms with Crippen molar-refractivity contribution in [2.75, 3.05) is 6.61 Å². The minimum Gasteiger partial charge on any atom is -0.449 e. The lowest BCUT2D eigenvalue weighted by Gasteiger charge is -2.23. The number of hydrogen-bond acceptors (Lipinski definition) is 2. The van der Waals surface area contributed by atoms with Gasteiger partial charge in [0.2, 0.25) is 0 Å². The molecule has 15 heavy (non-hydrogen) atoms. The van der Waals surface area contributed by atoms with Gasteiger partial charge in [-0.25, -0.2) is 4.79 Å². The molecule has 1 aliphatic rings. The van der Waals surface area contributed by atoms with E-state index in [1.54, 1.807) is 0 Å². The van der Waals surface area contributed by atoms with Gasteiger partial charge in [-0.3, -0.25) is 0 Å². The van der Waals surface area contributed by atoms with Gasteiger partial charge in [-0.05, 0) is 12.5 Å². The number of carbonyl (C=O) groups is 1. The lowest BCUT2D eigenvalue weighted by atomic mass is 10.0. The molecule has 0 spiro atoms. The van der Waals surface area contributed by atoms with Crippen LogP contribution in [0.4, 0.5) is 4.79 Å². The van der Waals surface area contributed by atoms with Crippen LogP contribution in [0.25, 0.3) is 0 Å². The monoisotopic (exact) mass is 227 g/mol. The van der Waals surface area contributed by atoms with Crippen molar-refractivity contribution < 1.29 is 9.53 Å². The third-order valence-electron chi connectivity index (χ3n) is 2.41. The minimum atomic E-state index is -0.318. The SMILES string of the molecule is Cc1ccc([C@H]2CCOC(=O)N2)cc1.Cl.